The first-order valence-corrected chi connectivity index (χ1v) is 4.19. The average Bonchev–Trinajstić information content (AvgIpc) is 2.06. The zero-order chi connectivity index (χ0) is 9.47. The van der Waals surface area contributed by atoms with Crippen LogP contribution in [0.2, 0.25) is 0 Å². The second kappa shape index (κ2) is 2.57. The van der Waals surface area contributed by atoms with Crippen molar-refractivity contribution in [3.8, 4) is 5.75 Å². The molecular formula is C10H11NO2. The van der Waals surface area contributed by atoms with Crippen molar-refractivity contribution in [1.29, 1.82) is 0 Å². The molecule has 2 N–H and O–H groups in total. The lowest BCUT2D eigenvalue weighted by molar-refractivity contribution is -0.133. The van der Waals surface area contributed by atoms with Gasteiger partial charge in [-0.05, 0) is 13.0 Å². The minimum atomic E-state index is -1.16. The zero-order valence-electron chi connectivity index (χ0n) is 7.41. The van der Waals surface area contributed by atoms with E-state index in [1.165, 1.54) is 0 Å². The maximum atomic E-state index is 11.4. The molecule has 1 unspecified atom stereocenters. The van der Waals surface area contributed by atoms with E-state index in [9.17, 15) is 4.79 Å². The molecule has 68 valence electrons. The maximum Gasteiger partial charge on any atom is 0.215 e. The van der Waals surface area contributed by atoms with Crippen LogP contribution in [0.15, 0.2) is 24.3 Å². The van der Waals surface area contributed by atoms with Gasteiger partial charge in [-0.3, -0.25) is 10.5 Å². The van der Waals surface area contributed by atoms with Crippen molar-refractivity contribution in [3.63, 3.8) is 0 Å². The summed E-state index contributed by atoms with van der Waals surface area (Å²) in [6.07, 6.45) is 0.364. The van der Waals surface area contributed by atoms with Gasteiger partial charge >= 0.3 is 0 Å². The molecule has 3 heteroatoms. The van der Waals surface area contributed by atoms with Crippen LogP contribution >= 0.6 is 0 Å². The van der Waals surface area contributed by atoms with Crippen molar-refractivity contribution < 1.29 is 9.53 Å². The highest BCUT2D eigenvalue weighted by Gasteiger charge is 2.35. The molecule has 0 aromatic heterocycles. The van der Waals surface area contributed by atoms with E-state index < -0.39 is 5.72 Å². The Bertz CT molecular complexity index is 358. The van der Waals surface area contributed by atoms with E-state index in [0.29, 0.717) is 12.2 Å². The van der Waals surface area contributed by atoms with Crippen molar-refractivity contribution in [2.24, 2.45) is 5.73 Å². The molecule has 1 aliphatic heterocycles. The minimum absolute atomic E-state index is 0.0776. The Hall–Kier alpha value is -1.35. The van der Waals surface area contributed by atoms with Gasteiger partial charge in [0.15, 0.2) is 5.78 Å². The lowest BCUT2D eigenvalue weighted by atomic mass is 9.98. The van der Waals surface area contributed by atoms with E-state index in [1.807, 2.05) is 24.3 Å². The van der Waals surface area contributed by atoms with Gasteiger partial charge < -0.3 is 4.74 Å². The Kier molecular flexibility index (Phi) is 1.63. The zero-order valence-corrected chi connectivity index (χ0v) is 7.41. The molecule has 1 aliphatic rings. The first kappa shape index (κ1) is 8.26. The van der Waals surface area contributed by atoms with Gasteiger partial charge in [-0.2, -0.15) is 0 Å². The van der Waals surface area contributed by atoms with Gasteiger partial charge in [-0.15, -0.1) is 0 Å². The summed E-state index contributed by atoms with van der Waals surface area (Å²) in [5.41, 5.74) is 5.42. The Balaban J connectivity index is 2.44. The topological polar surface area (TPSA) is 52.3 Å². The molecule has 1 aromatic carbocycles. The molecule has 1 atom stereocenters. The number of benzene rings is 1. The number of fused-ring (bicyclic) bond motifs is 1. The highest BCUT2D eigenvalue weighted by atomic mass is 16.5. The van der Waals surface area contributed by atoms with Crippen LogP contribution in [0, 0.1) is 0 Å². The van der Waals surface area contributed by atoms with Crippen molar-refractivity contribution in [2.45, 2.75) is 19.1 Å². The van der Waals surface area contributed by atoms with Crippen molar-refractivity contribution >= 4 is 5.78 Å². The van der Waals surface area contributed by atoms with Gasteiger partial charge in [-0.25, -0.2) is 0 Å². The number of carbonyl (C=O) groups excluding carboxylic acids is 1. The smallest absolute Gasteiger partial charge is 0.215 e. The SMILES string of the molecule is CC1(N)Oc2ccccc2CC1=O. The first-order chi connectivity index (χ1) is 6.09. The lowest BCUT2D eigenvalue weighted by Gasteiger charge is -2.30. The number of ether oxygens (including phenoxy) is 1. The summed E-state index contributed by atoms with van der Waals surface area (Å²) in [5.74, 6) is 0.637. The third-order valence-corrected chi connectivity index (χ3v) is 2.20. The Labute approximate surface area is 76.5 Å². The summed E-state index contributed by atoms with van der Waals surface area (Å²) in [4.78, 5) is 11.4. The van der Waals surface area contributed by atoms with E-state index in [2.05, 4.69) is 0 Å². The summed E-state index contributed by atoms with van der Waals surface area (Å²) in [7, 11) is 0. The molecule has 1 heterocycles. The fourth-order valence-corrected chi connectivity index (χ4v) is 1.38. The van der Waals surface area contributed by atoms with Crippen LogP contribution in [0.5, 0.6) is 5.75 Å². The third-order valence-electron chi connectivity index (χ3n) is 2.20. The highest BCUT2D eigenvalue weighted by molar-refractivity contribution is 5.90. The highest BCUT2D eigenvalue weighted by Crippen LogP contribution is 2.27. The van der Waals surface area contributed by atoms with Crippen LogP contribution < -0.4 is 10.5 Å². The van der Waals surface area contributed by atoms with Crippen LogP contribution in [-0.4, -0.2) is 11.5 Å². The number of Topliss-reactive ketones (excluding diaryl/α,β-unsaturated/α-hetero) is 1. The predicted octanol–water partition coefficient (Wildman–Crippen LogP) is 0.866. The van der Waals surface area contributed by atoms with Crippen molar-refractivity contribution in [2.75, 3.05) is 0 Å². The first-order valence-electron chi connectivity index (χ1n) is 4.19. The summed E-state index contributed by atoms with van der Waals surface area (Å²) >= 11 is 0. The van der Waals surface area contributed by atoms with Crippen LogP contribution in [0.4, 0.5) is 0 Å². The Morgan fingerprint density at radius 1 is 1.46 bits per heavy atom. The Morgan fingerprint density at radius 3 is 2.92 bits per heavy atom. The van der Waals surface area contributed by atoms with Gasteiger partial charge in [0, 0.05) is 12.0 Å². The van der Waals surface area contributed by atoms with Gasteiger partial charge in [0.25, 0.3) is 0 Å². The fourth-order valence-electron chi connectivity index (χ4n) is 1.38. The van der Waals surface area contributed by atoms with Crippen LogP contribution in [-0.2, 0) is 11.2 Å². The number of ketones is 1. The largest absolute Gasteiger partial charge is 0.466 e. The molecule has 0 radical (unpaired) electrons. The minimum Gasteiger partial charge on any atom is -0.466 e. The monoisotopic (exact) mass is 177 g/mol. The summed E-state index contributed by atoms with van der Waals surface area (Å²) < 4.78 is 5.36. The van der Waals surface area contributed by atoms with Crippen LogP contribution in [0.1, 0.15) is 12.5 Å². The van der Waals surface area contributed by atoms with Gasteiger partial charge in [-0.1, -0.05) is 18.2 Å². The standard InChI is InChI=1S/C10H11NO2/c1-10(11)9(12)6-7-4-2-3-5-8(7)13-10/h2-5H,6,11H2,1H3. The summed E-state index contributed by atoms with van der Waals surface area (Å²) in [6, 6.07) is 7.45. The quantitative estimate of drug-likeness (QED) is 0.639. The number of para-hydroxylation sites is 1. The number of hydrogen-bond donors (Lipinski definition) is 1. The molecule has 2 rings (SSSR count). The molecule has 13 heavy (non-hydrogen) atoms. The lowest BCUT2D eigenvalue weighted by Crippen LogP contribution is -2.53. The molecule has 0 saturated carbocycles. The number of rotatable bonds is 0. The molecule has 0 aliphatic carbocycles. The van der Waals surface area contributed by atoms with Crippen LogP contribution in [0.3, 0.4) is 0 Å². The molecule has 0 bridgehead atoms. The number of hydrogen-bond acceptors (Lipinski definition) is 3. The molecule has 0 spiro atoms. The van der Waals surface area contributed by atoms with Gasteiger partial charge in [0.05, 0.1) is 0 Å². The van der Waals surface area contributed by atoms with Gasteiger partial charge in [0.1, 0.15) is 5.75 Å². The second-order valence-electron chi connectivity index (χ2n) is 3.42. The number of nitrogens with two attached hydrogens (primary N) is 1. The van der Waals surface area contributed by atoms with Gasteiger partial charge in [0.2, 0.25) is 5.72 Å². The molecule has 1 aromatic rings. The number of carbonyl (C=O) groups is 1. The van der Waals surface area contributed by atoms with E-state index in [4.69, 9.17) is 10.5 Å². The van der Waals surface area contributed by atoms with Crippen LogP contribution in [0.25, 0.3) is 0 Å². The average molecular weight is 177 g/mol. The predicted molar refractivity (Wildman–Crippen MR) is 48.4 cm³/mol. The Morgan fingerprint density at radius 2 is 2.15 bits per heavy atom. The fraction of sp³-hybridized carbons (Fsp3) is 0.300. The molecule has 0 saturated heterocycles. The normalized spacial score (nSPS) is 26.5. The molecule has 3 nitrogen and oxygen atoms in total. The summed E-state index contributed by atoms with van der Waals surface area (Å²) in [5, 5.41) is 0. The maximum absolute atomic E-state index is 11.4. The van der Waals surface area contributed by atoms with Crippen molar-refractivity contribution in [1.82, 2.24) is 0 Å². The van der Waals surface area contributed by atoms with E-state index >= 15 is 0 Å². The second-order valence-corrected chi connectivity index (χ2v) is 3.42. The molecule has 0 amide bonds. The third kappa shape index (κ3) is 1.31. The van der Waals surface area contributed by atoms with E-state index in [-0.39, 0.29) is 5.78 Å². The summed E-state index contributed by atoms with van der Waals surface area (Å²) in [6.45, 7) is 1.59. The molecule has 0 fully saturated rings. The van der Waals surface area contributed by atoms with Crippen molar-refractivity contribution in [3.05, 3.63) is 29.8 Å². The van der Waals surface area contributed by atoms with E-state index in [0.717, 1.165) is 5.56 Å². The van der Waals surface area contributed by atoms with E-state index in [1.54, 1.807) is 6.92 Å². The molecular weight excluding hydrogens is 166 g/mol.